The second-order valence-corrected chi connectivity index (χ2v) is 7.03. The molecule has 0 saturated carbocycles. The summed E-state index contributed by atoms with van der Waals surface area (Å²) in [6.07, 6.45) is 1.20. The lowest BCUT2D eigenvalue weighted by Gasteiger charge is -2.47. The quantitative estimate of drug-likeness (QED) is 0.619. The van der Waals surface area contributed by atoms with Crippen LogP contribution in [0.4, 0.5) is 5.69 Å². The van der Waals surface area contributed by atoms with Crippen molar-refractivity contribution in [2.75, 3.05) is 26.2 Å². The van der Waals surface area contributed by atoms with Crippen molar-refractivity contribution in [3.8, 4) is 0 Å². The maximum absolute atomic E-state index is 12.7. The summed E-state index contributed by atoms with van der Waals surface area (Å²) >= 11 is 0. The van der Waals surface area contributed by atoms with E-state index < -0.39 is 4.92 Å². The van der Waals surface area contributed by atoms with Gasteiger partial charge in [-0.25, -0.2) is 0 Å². The number of amides is 1. The molecule has 1 aromatic rings. The van der Waals surface area contributed by atoms with E-state index in [1.54, 1.807) is 12.1 Å². The Hall–Kier alpha value is -1.66. The number of nitro benzene ring substituents is 1. The van der Waals surface area contributed by atoms with Crippen LogP contribution in [0.2, 0.25) is 0 Å². The van der Waals surface area contributed by atoms with Gasteiger partial charge in [0.25, 0.3) is 11.6 Å². The van der Waals surface area contributed by atoms with Crippen LogP contribution < -0.4 is 0 Å². The number of piperidine rings is 2. The lowest BCUT2D eigenvalue weighted by molar-refractivity contribution is -0.384. The number of nitrogens with zero attached hydrogens (tertiary/aromatic N) is 3. The predicted molar refractivity (Wildman–Crippen MR) is 94.6 cm³/mol. The fraction of sp³-hybridized carbons (Fsp3) is 0.588. The first-order chi connectivity index (χ1) is 10.9. The highest BCUT2D eigenvalue weighted by Crippen LogP contribution is 2.30. The van der Waals surface area contributed by atoms with Crippen molar-refractivity contribution in [2.24, 2.45) is 11.8 Å². The van der Waals surface area contributed by atoms with Gasteiger partial charge in [0.2, 0.25) is 0 Å². The van der Waals surface area contributed by atoms with Crippen LogP contribution in [0.25, 0.3) is 0 Å². The molecule has 24 heavy (non-hydrogen) atoms. The molecule has 2 heterocycles. The summed E-state index contributed by atoms with van der Waals surface area (Å²) in [7, 11) is 0. The minimum Gasteiger partial charge on any atom is -0.338 e. The Labute approximate surface area is 148 Å². The minimum atomic E-state index is -0.444. The van der Waals surface area contributed by atoms with Crippen LogP contribution in [-0.4, -0.2) is 52.9 Å². The number of hydrogen-bond acceptors (Lipinski definition) is 4. The van der Waals surface area contributed by atoms with Crippen LogP contribution in [0, 0.1) is 22.0 Å². The monoisotopic (exact) mass is 353 g/mol. The number of benzene rings is 1. The first-order valence-corrected chi connectivity index (χ1v) is 8.22. The van der Waals surface area contributed by atoms with E-state index in [0.29, 0.717) is 23.4 Å². The van der Waals surface area contributed by atoms with Crippen molar-refractivity contribution in [1.29, 1.82) is 0 Å². The van der Waals surface area contributed by atoms with E-state index in [9.17, 15) is 14.9 Å². The molecule has 6 nitrogen and oxygen atoms in total. The largest absolute Gasteiger partial charge is 0.338 e. The maximum atomic E-state index is 12.7. The molecule has 2 aliphatic heterocycles. The summed E-state index contributed by atoms with van der Waals surface area (Å²) in [6, 6.07) is 6.48. The second kappa shape index (κ2) is 7.49. The van der Waals surface area contributed by atoms with Crippen molar-refractivity contribution in [3.63, 3.8) is 0 Å². The topological polar surface area (TPSA) is 66.7 Å². The van der Waals surface area contributed by atoms with E-state index in [4.69, 9.17) is 0 Å². The number of likely N-dealkylation sites (tertiary alicyclic amines) is 2. The number of carbonyl (C=O) groups excluding carboxylic acids is 1. The average Bonchev–Trinajstić information content (AvgIpc) is 2.53. The summed E-state index contributed by atoms with van der Waals surface area (Å²) < 4.78 is 0. The molecule has 0 aliphatic carbocycles. The summed E-state index contributed by atoms with van der Waals surface area (Å²) in [4.78, 5) is 27.4. The summed E-state index contributed by atoms with van der Waals surface area (Å²) in [6.45, 7) is 8.13. The van der Waals surface area contributed by atoms with Gasteiger partial charge in [-0.2, -0.15) is 0 Å². The molecule has 2 fully saturated rings. The van der Waals surface area contributed by atoms with Crippen molar-refractivity contribution in [3.05, 3.63) is 39.9 Å². The van der Waals surface area contributed by atoms with E-state index in [1.165, 1.54) is 18.6 Å². The van der Waals surface area contributed by atoms with Crippen LogP contribution >= 0.6 is 12.4 Å². The van der Waals surface area contributed by atoms with Gasteiger partial charge in [0.1, 0.15) is 0 Å². The maximum Gasteiger partial charge on any atom is 0.269 e. The van der Waals surface area contributed by atoms with E-state index in [2.05, 4.69) is 18.7 Å². The summed E-state index contributed by atoms with van der Waals surface area (Å²) in [5.41, 5.74) is 0.556. The highest BCUT2D eigenvalue weighted by atomic mass is 35.5. The Morgan fingerprint density at radius 1 is 1.12 bits per heavy atom. The number of halogens is 1. The molecule has 1 amide bonds. The molecule has 2 saturated heterocycles. The predicted octanol–water partition coefficient (Wildman–Crippen LogP) is 2.82. The molecule has 2 atom stereocenters. The van der Waals surface area contributed by atoms with Crippen LogP contribution in [0.5, 0.6) is 0 Å². The van der Waals surface area contributed by atoms with Gasteiger partial charge < -0.3 is 9.80 Å². The third kappa shape index (κ3) is 3.87. The molecule has 2 unspecified atom stereocenters. The zero-order valence-corrected chi connectivity index (χ0v) is 14.9. The smallest absolute Gasteiger partial charge is 0.269 e. The average molecular weight is 354 g/mol. The first kappa shape index (κ1) is 18.7. The fourth-order valence-electron chi connectivity index (χ4n) is 3.82. The second-order valence-electron chi connectivity index (χ2n) is 7.03. The Kier molecular flexibility index (Phi) is 5.83. The lowest BCUT2D eigenvalue weighted by Crippen LogP contribution is -2.55. The lowest BCUT2D eigenvalue weighted by atomic mass is 9.84. The Morgan fingerprint density at radius 2 is 1.67 bits per heavy atom. The highest BCUT2D eigenvalue weighted by Gasteiger charge is 2.36. The van der Waals surface area contributed by atoms with Crippen molar-refractivity contribution in [2.45, 2.75) is 26.3 Å². The van der Waals surface area contributed by atoms with Gasteiger partial charge in [0.15, 0.2) is 0 Å². The third-order valence-electron chi connectivity index (χ3n) is 4.95. The molecule has 132 valence electrons. The molecule has 3 rings (SSSR count). The number of carbonyl (C=O) groups is 1. The van der Waals surface area contributed by atoms with E-state index >= 15 is 0 Å². The number of fused-ring (bicyclic) bond motifs is 2. The van der Waals surface area contributed by atoms with Crippen molar-refractivity contribution >= 4 is 24.0 Å². The molecule has 2 bridgehead atoms. The summed E-state index contributed by atoms with van der Waals surface area (Å²) in [5, 5.41) is 10.7. The van der Waals surface area contributed by atoms with Crippen LogP contribution in [0.15, 0.2) is 24.3 Å². The first-order valence-electron chi connectivity index (χ1n) is 8.22. The molecule has 2 aliphatic rings. The number of nitro groups is 1. The molecule has 0 radical (unpaired) electrons. The van der Waals surface area contributed by atoms with Crippen LogP contribution in [0.3, 0.4) is 0 Å². The molecule has 0 aromatic heterocycles. The van der Waals surface area contributed by atoms with E-state index in [1.807, 2.05) is 4.90 Å². The van der Waals surface area contributed by atoms with Crippen LogP contribution in [0.1, 0.15) is 30.6 Å². The van der Waals surface area contributed by atoms with Gasteiger partial charge in [-0.05, 0) is 44.2 Å². The number of hydrogen-bond donors (Lipinski definition) is 0. The van der Waals surface area contributed by atoms with Gasteiger partial charge in [0.05, 0.1) is 4.92 Å². The fourth-order valence-corrected chi connectivity index (χ4v) is 3.82. The Bertz CT molecular complexity index is 592. The highest BCUT2D eigenvalue weighted by molar-refractivity contribution is 5.94. The minimum absolute atomic E-state index is 0. The van der Waals surface area contributed by atoms with Crippen molar-refractivity contribution in [1.82, 2.24) is 9.80 Å². The van der Waals surface area contributed by atoms with Crippen LogP contribution in [-0.2, 0) is 0 Å². The van der Waals surface area contributed by atoms with Gasteiger partial charge in [-0.3, -0.25) is 14.9 Å². The third-order valence-corrected chi connectivity index (χ3v) is 4.95. The molecule has 0 spiro atoms. The van der Waals surface area contributed by atoms with Gasteiger partial charge in [-0.15, -0.1) is 12.4 Å². The molecular weight excluding hydrogens is 330 g/mol. The van der Waals surface area contributed by atoms with Gasteiger partial charge >= 0.3 is 0 Å². The number of non-ortho nitro benzene ring substituents is 1. The molecule has 7 heteroatoms. The van der Waals surface area contributed by atoms with E-state index in [0.717, 1.165) is 26.2 Å². The summed E-state index contributed by atoms with van der Waals surface area (Å²) in [5.74, 6) is 1.06. The standard InChI is InChI=1S/C17H23N3O3.ClH/c1-12(2)18-8-13-7-14(9-18)11-19(10-13)17(21)15-3-5-16(6-4-15)20(22)23;/h3-6,12-14H,7-11H2,1-2H3;1H. The normalized spacial score (nSPS) is 23.7. The Morgan fingerprint density at radius 3 is 2.12 bits per heavy atom. The zero-order valence-electron chi connectivity index (χ0n) is 14.1. The zero-order chi connectivity index (χ0) is 16.6. The molecule has 1 aromatic carbocycles. The SMILES string of the molecule is CC(C)N1CC2CC(CN(C(=O)c3ccc([N+](=O)[O-])cc3)C2)C1.Cl. The molecular formula is C17H24ClN3O3. The van der Waals surface area contributed by atoms with E-state index in [-0.39, 0.29) is 24.0 Å². The molecule has 0 N–H and O–H groups in total. The van der Waals surface area contributed by atoms with Gasteiger partial charge in [0, 0.05) is 49.9 Å². The van der Waals surface area contributed by atoms with Gasteiger partial charge in [-0.1, -0.05) is 0 Å². The Balaban J connectivity index is 0.00000208. The van der Waals surface area contributed by atoms with Crippen molar-refractivity contribution < 1.29 is 9.72 Å². The number of rotatable bonds is 3.